The van der Waals surface area contributed by atoms with E-state index in [1.54, 1.807) is 0 Å². The van der Waals surface area contributed by atoms with E-state index in [0.717, 1.165) is 23.2 Å². The van der Waals surface area contributed by atoms with Crippen molar-refractivity contribution in [2.24, 2.45) is 0 Å². The number of ether oxygens (including phenoxy) is 1. The Balaban J connectivity index is 2.29. The van der Waals surface area contributed by atoms with E-state index in [1.807, 2.05) is 45.9 Å². The third kappa shape index (κ3) is 7.73. The largest absolute Gasteiger partial charge is 0.444 e. The lowest BCUT2D eigenvalue weighted by Gasteiger charge is -2.19. The Morgan fingerprint density at radius 1 is 1.25 bits per heavy atom. The molecule has 0 spiro atoms. The normalized spacial score (nSPS) is 11.0. The molecule has 0 radical (unpaired) electrons. The van der Waals surface area contributed by atoms with Crippen LogP contribution in [0.4, 0.5) is 10.5 Å². The van der Waals surface area contributed by atoms with Gasteiger partial charge in [0.1, 0.15) is 5.60 Å². The highest BCUT2D eigenvalue weighted by molar-refractivity contribution is 7.99. The second kappa shape index (κ2) is 9.57. The maximum Gasteiger partial charge on any atom is 0.407 e. The van der Waals surface area contributed by atoms with Gasteiger partial charge in [0, 0.05) is 18.0 Å². The second-order valence-corrected chi connectivity index (χ2v) is 7.60. The predicted octanol–water partition coefficient (Wildman–Crippen LogP) is 3.75. The molecule has 0 aliphatic heterocycles. The van der Waals surface area contributed by atoms with Crippen LogP contribution in [0, 0.1) is 6.92 Å². The van der Waals surface area contributed by atoms with E-state index in [9.17, 15) is 9.59 Å². The Kier molecular flexibility index (Phi) is 8.11. The fraction of sp³-hybridized carbons (Fsp3) is 0.556. The van der Waals surface area contributed by atoms with Crippen LogP contribution in [0.3, 0.4) is 0 Å². The van der Waals surface area contributed by atoms with Crippen molar-refractivity contribution in [3.05, 3.63) is 29.3 Å². The van der Waals surface area contributed by atoms with Gasteiger partial charge in [0.05, 0.1) is 5.75 Å². The molecule has 0 saturated heterocycles. The molecule has 6 heteroatoms. The van der Waals surface area contributed by atoms with Gasteiger partial charge in [-0.05, 0) is 45.2 Å². The van der Waals surface area contributed by atoms with Crippen LogP contribution in [-0.4, -0.2) is 35.7 Å². The molecule has 0 aliphatic carbocycles. The molecule has 0 saturated carbocycles. The molecule has 0 aliphatic rings. The number of amides is 2. The lowest BCUT2D eigenvalue weighted by molar-refractivity contribution is -0.113. The van der Waals surface area contributed by atoms with E-state index in [-0.39, 0.29) is 5.91 Å². The monoisotopic (exact) mass is 352 g/mol. The van der Waals surface area contributed by atoms with Gasteiger partial charge in [0.15, 0.2) is 0 Å². The van der Waals surface area contributed by atoms with Gasteiger partial charge < -0.3 is 15.4 Å². The molecule has 0 unspecified atom stereocenters. The van der Waals surface area contributed by atoms with Crippen LogP contribution in [0.1, 0.15) is 38.8 Å². The van der Waals surface area contributed by atoms with Crippen molar-refractivity contribution in [2.75, 3.05) is 23.4 Å². The summed E-state index contributed by atoms with van der Waals surface area (Å²) in [5.74, 6) is 0.982. The number of hydrogen-bond acceptors (Lipinski definition) is 4. The van der Waals surface area contributed by atoms with Gasteiger partial charge in [-0.1, -0.05) is 25.1 Å². The summed E-state index contributed by atoms with van der Waals surface area (Å²) in [6.45, 7) is 10.00. The van der Waals surface area contributed by atoms with Crippen molar-refractivity contribution in [3.8, 4) is 0 Å². The van der Waals surface area contributed by atoms with Gasteiger partial charge >= 0.3 is 6.09 Å². The van der Waals surface area contributed by atoms with Gasteiger partial charge in [-0.2, -0.15) is 11.8 Å². The molecule has 0 heterocycles. The van der Waals surface area contributed by atoms with E-state index >= 15 is 0 Å². The molecule has 0 bridgehead atoms. The Morgan fingerprint density at radius 2 is 1.96 bits per heavy atom. The first-order valence-electron chi connectivity index (χ1n) is 8.16. The topological polar surface area (TPSA) is 67.4 Å². The number of thioether (sulfide) groups is 1. The number of rotatable bonds is 7. The van der Waals surface area contributed by atoms with Crippen LogP contribution in [0.2, 0.25) is 0 Å². The molecule has 1 rings (SSSR count). The Hall–Kier alpha value is -1.69. The van der Waals surface area contributed by atoms with Gasteiger partial charge in [-0.3, -0.25) is 4.79 Å². The molecule has 2 amide bonds. The van der Waals surface area contributed by atoms with Crippen LogP contribution >= 0.6 is 11.8 Å². The van der Waals surface area contributed by atoms with E-state index in [1.165, 1.54) is 11.8 Å². The van der Waals surface area contributed by atoms with Crippen molar-refractivity contribution in [1.82, 2.24) is 5.32 Å². The number of para-hydroxylation sites is 1. The minimum absolute atomic E-state index is 0.0266. The molecule has 134 valence electrons. The van der Waals surface area contributed by atoms with Gasteiger partial charge in [-0.25, -0.2) is 4.79 Å². The Bertz CT molecular complexity index is 568. The van der Waals surface area contributed by atoms with E-state index in [0.29, 0.717) is 18.1 Å². The van der Waals surface area contributed by atoms with Gasteiger partial charge in [-0.15, -0.1) is 0 Å². The first-order valence-corrected chi connectivity index (χ1v) is 9.31. The maximum atomic E-state index is 12.1. The number of aryl methyl sites for hydroxylation is 2. The number of hydrogen-bond donors (Lipinski definition) is 2. The molecule has 1 aromatic rings. The number of anilines is 1. The highest BCUT2D eigenvalue weighted by Crippen LogP contribution is 2.21. The van der Waals surface area contributed by atoms with E-state index in [4.69, 9.17) is 4.74 Å². The standard InChI is InChI=1S/C18H28N2O3S/c1-6-14-9-7-8-13(2)16(14)20-15(21)12-24-11-10-19-17(22)23-18(3,4)5/h7-9H,6,10-12H2,1-5H3,(H,19,22)(H,20,21). The van der Waals surface area contributed by atoms with Crippen molar-refractivity contribution < 1.29 is 14.3 Å². The highest BCUT2D eigenvalue weighted by Gasteiger charge is 2.15. The van der Waals surface area contributed by atoms with Crippen molar-refractivity contribution in [1.29, 1.82) is 0 Å². The minimum Gasteiger partial charge on any atom is -0.444 e. The summed E-state index contributed by atoms with van der Waals surface area (Å²) >= 11 is 1.48. The first kappa shape index (κ1) is 20.4. The number of alkyl carbamates (subject to hydrolysis) is 1. The van der Waals surface area contributed by atoms with E-state index < -0.39 is 11.7 Å². The van der Waals surface area contributed by atoms with Crippen LogP contribution in [-0.2, 0) is 16.0 Å². The number of carbonyl (C=O) groups is 2. The SMILES string of the molecule is CCc1cccc(C)c1NC(=O)CSCCNC(=O)OC(C)(C)C. The van der Waals surface area contributed by atoms with Gasteiger partial charge in [0.25, 0.3) is 0 Å². The summed E-state index contributed by atoms with van der Waals surface area (Å²) in [6.07, 6.45) is 0.449. The molecular formula is C18H28N2O3S. The van der Waals surface area contributed by atoms with Crippen LogP contribution in [0.5, 0.6) is 0 Å². The zero-order chi connectivity index (χ0) is 18.2. The minimum atomic E-state index is -0.498. The first-order chi connectivity index (χ1) is 11.2. The second-order valence-electron chi connectivity index (χ2n) is 6.49. The molecule has 0 fully saturated rings. The van der Waals surface area contributed by atoms with Crippen LogP contribution in [0.25, 0.3) is 0 Å². The van der Waals surface area contributed by atoms with Crippen molar-refractivity contribution >= 4 is 29.4 Å². The van der Waals surface area contributed by atoms with Crippen molar-refractivity contribution in [2.45, 2.75) is 46.6 Å². The zero-order valence-electron chi connectivity index (χ0n) is 15.2. The smallest absolute Gasteiger partial charge is 0.407 e. The summed E-state index contributed by atoms with van der Waals surface area (Å²) in [4.78, 5) is 23.6. The third-order valence-electron chi connectivity index (χ3n) is 3.15. The number of nitrogens with one attached hydrogen (secondary N) is 2. The van der Waals surface area contributed by atoms with E-state index in [2.05, 4.69) is 17.6 Å². The molecule has 24 heavy (non-hydrogen) atoms. The summed E-state index contributed by atoms with van der Waals surface area (Å²) in [6, 6.07) is 6.02. The van der Waals surface area contributed by atoms with Crippen LogP contribution in [0.15, 0.2) is 18.2 Å². The summed E-state index contributed by atoms with van der Waals surface area (Å²) in [7, 11) is 0. The average Bonchev–Trinajstić information content (AvgIpc) is 2.47. The molecule has 2 N–H and O–H groups in total. The average molecular weight is 353 g/mol. The third-order valence-corrected chi connectivity index (χ3v) is 4.11. The maximum absolute atomic E-state index is 12.1. The van der Waals surface area contributed by atoms with Crippen LogP contribution < -0.4 is 10.6 Å². The zero-order valence-corrected chi connectivity index (χ0v) is 16.0. The molecule has 1 aromatic carbocycles. The fourth-order valence-electron chi connectivity index (χ4n) is 2.08. The quantitative estimate of drug-likeness (QED) is 0.733. The molecule has 0 aromatic heterocycles. The lowest BCUT2D eigenvalue weighted by atomic mass is 10.1. The summed E-state index contributed by atoms with van der Waals surface area (Å²) in [5, 5.41) is 5.66. The van der Waals surface area contributed by atoms with Crippen molar-refractivity contribution in [3.63, 3.8) is 0 Å². The Morgan fingerprint density at radius 3 is 2.58 bits per heavy atom. The fourth-order valence-corrected chi connectivity index (χ4v) is 2.73. The predicted molar refractivity (Wildman–Crippen MR) is 101 cm³/mol. The number of carbonyl (C=O) groups excluding carboxylic acids is 2. The summed E-state index contributed by atoms with van der Waals surface area (Å²) < 4.78 is 5.14. The lowest BCUT2D eigenvalue weighted by Crippen LogP contribution is -2.33. The highest BCUT2D eigenvalue weighted by atomic mass is 32.2. The molecule has 0 atom stereocenters. The molecule has 5 nitrogen and oxygen atoms in total. The number of benzene rings is 1. The Labute approximate surface area is 148 Å². The summed E-state index contributed by atoms with van der Waals surface area (Å²) in [5.41, 5.74) is 2.62. The molecular weight excluding hydrogens is 324 g/mol. The van der Waals surface area contributed by atoms with Gasteiger partial charge in [0.2, 0.25) is 5.91 Å².